The first-order valence-corrected chi connectivity index (χ1v) is 20.9. The van der Waals surface area contributed by atoms with Gasteiger partial charge in [0.25, 0.3) is 5.91 Å². The van der Waals surface area contributed by atoms with Crippen molar-refractivity contribution in [2.75, 3.05) is 6.54 Å². The van der Waals surface area contributed by atoms with Crippen LogP contribution in [0.2, 0.25) is 0 Å². The van der Waals surface area contributed by atoms with Gasteiger partial charge in [0.15, 0.2) is 0 Å². The topological polar surface area (TPSA) is 188 Å². The summed E-state index contributed by atoms with van der Waals surface area (Å²) in [5.74, 6) is -4.45. The predicted octanol–water partition coefficient (Wildman–Crippen LogP) is 5.13. The van der Waals surface area contributed by atoms with Gasteiger partial charge in [0.05, 0.1) is 11.3 Å². The van der Waals surface area contributed by atoms with Gasteiger partial charge in [-0.2, -0.15) is 13.2 Å². The van der Waals surface area contributed by atoms with Crippen LogP contribution in [0.5, 0.6) is 5.88 Å². The molecule has 4 amide bonds. The van der Waals surface area contributed by atoms with Gasteiger partial charge < -0.3 is 20.1 Å². The molecule has 306 valence electrons. The molecule has 2 aliphatic heterocycles. The van der Waals surface area contributed by atoms with Gasteiger partial charge >= 0.3 is 12.3 Å². The third-order valence-electron chi connectivity index (χ3n) is 11.7. The van der Waals surface area contributed by atoms with E-state index in [1.807, 2.05) is 6.92 Å². The van der Waals surface area contributed by atoms with E-state index in [4.69, 9.17) is 4.74 Å². The molecule has 2 aromatic rings. The second kappa shape index (κ2) is 14.9. The number of carboxylic acid groups (broad SMARTS) is 1. The number of halogens is 3. The molecule has 3 fully saturated rings. The van der Waals surface area contributed by atoms with Crippen LogP contribution in [-0.4, -0.2) is 104 Å². The number of alkyl halides is 3. The Morgan fingerprint density at radius 2 is 1.86 bits per heavy atom. The summed E-state index contributed by atoms with van der Waals surface area (Å²) in [5.41, 5.74) is -4.05. The number of pyridine rings is 1. The molecule has 19 heteroatoms. The third-order valence-corrected chi connectivity index (χ3v) is 14.7. The van der Waals surface area contributed by atoms with E-state index in [1.54, 1.807) is 35.9 Å². The second-order valence-electron chi connectivity index (χ2n) is 16.3. The van der Waals surface area contributed by atoms with Crippen molar-refractivity contribution < 1.29 is 50.6 Å². The summed E-state index contributed by atoms with van der Waals surface area (Å²) in [6.07, 6.45) is 0.375. The Morgan fingerprint density at radius 1 is 1.14 bits per heavy atom. The molecule has 0 aromatic carbocycles. The minimum absolute atomic E-state index is 0.0587. The van der Waals surface area contributed by atoms with Gasteiger partial charge in [0, 0.05) is 41.7 Å². The fourth-order valence-corrected chi connectivity index (χ4v) is 9.68. The maximum atomic E-state index is 14.9. The fraction of sp³-hybridized carbons (Fsp3) is 0.622. The van der Waals surface area contributed by atoms with Crippen molar-refractivity contribution in [2.24, 2.45) is 17.8 Å². The lowest BCUT2D eigenvalue weighted by molar-refractivity contribution is -0.222. The minimum atomic E-state index is -5.08. The minimum Gasteiger partial charge on any atom is -0.472 e. The molecule has 14 nitrogen and oxygen atoms in total. The molecule has 4 heterocycles. The largest absolute Gasteiger partial charge is 0.472 e. The van der Waals surface area contributed by atoms with Crippen LogP contribution in [0.15, 0.2) is 42.1 Å². The molecule has 7 atom stereocenters. The SMILES string of the molecule is C[C@H]1CCC=C[C@@H]2C[C@@]2(C(=O)NS(=O)(=O)C2(C)CC2)NC(=O)[C@@H]2C[C@@H](Oc3cc(-c4nccs4)ccn3)CN2C(=O)[C@@H](N(C(=O)O)C(C)(C)C(F)(F)F)[C@H](C)C1. The Kier molecular flexibility index (Phi) is 11.0. The van der Waals surface area contributed by atoms with E-state index < -0.39 is 85.9 Å². The van der Waals surface area contributed by atoms with E-state index in [0.717, 1.165) is 4.90 Å². The van der Waals surface area contributed by atoms with Crippen LogP contribution in [0.4, 0.5) is 18.0 Å². The lowest BCUT2D eigenvalue weighted by atomic mass is 9.85. The Balaban J connectivity index is 1.40. The Bertz CT molecular complexity index is 1990. The number of carbonyl (C=O) groups is 4. The molecule has 1 saturated heterocycles. The summed E-state index contributed by atoms with van der Waals surface area (Å²) in [7, 11) is -4.11. The van der Waals surface area contributed by atoms with Gasteiger partial charge in [-0.15, -0.1) is 11.3 Å². The highest BCUT2D eigenvalue weighted by Gasteiger charge is 2.64. The number of hydrogen-bond donors (Lipinski definition) is 3. The fourth-order valence-electron chi connectivity index (χ4n) is 7.73. The molecule has 4 aliphatic rings. The average molecular weight is 825 g/mol. The number of sulfonamides is 1. The summed E-state index contributed by atoms with van der Waals surface area (Å²) >= 11 is 1.38. The normalized spacial score (nSPS) is 29.5. The van der Waals surface area contributed by atoms with E-state index >= 15 is 0 Å². The zero-order valence-electron chi connectivity index (χ0n) is 31.7. The quantitative estimate of drug-likeness (QED) is 0.301. The summed E-state index contributed by atoms with van der Waals surface area (Å²) in [5, 5.41) is 15.6. The summed E-state index contributed by atoms with van der Waals surface area (Å²) < 4.78 is 77.4. The molecule has 0 bridgehead atoms. The van der Waals surface area contributed by atoms with Gasteiger partial charge in [-0.25, -0.2) is 23.2 Å². The Morgan fingerprint density at radius 3 is 2.48 bits per heavy atom. The number of thiazole rings is 1. The number of rotatable bonds is 8. The van der Waals surface area contributed by atoms with Gasteiger partial charge in [0.2, 0.25) is 27.7 Å². The molecule has 6 rings (SSSR count). The van der Waals surface area contributed by atoms with Crippen molar-refractivity contribution in [3.63, 3.8) is 0 Å². The molecule has 2 aliphatic carbocycles. The summed E-state index contributed by atoms with van der Waals surface area (Å²) in [6, 6.07) is -0.0130. The Labute approximate surface area is 327 Å². The zero-order chi connectivity index (χ0) is 41.0. The number of aromatic nitrogens is 2. The number of nitrogens with one attached hydrogen (secondary N) is 2. The number of nitrogens with zero attached hydrogens (tertiary/aromatic N) is 4. The van der Waals surface area contributed by atoms with Crippen LogP contribution in [0.3, 0.4) is 0 Å². The molecule has 2 saturated carbocycles. The van der Waals surface area contributed by atoms with E-state index in [1.165, 1.54) is 31.4 Å². The number of amides is 4. The molecule has 2 aromatic heterocycles. The van der Waals surface area contributed by atoms with Crippen LogP contribution in [-0.2, 0) is 24.4 Å². The molecule has 0 spiro atoms. The summed E-state index contributed by atoms with van der Waals surface area (Å²) in [6.45, 7) is 5.94. The highest BCUT2D eigenvalue weighted by atomic mass is 32.2. The smallest absolute Gasteiger partial charge is 0.411 e. The second-order valence-corrected chi connectivity index (χ2v) is 19.4. The van der Waals surface area contributed by atoms with Crippen LogP contribution in [0.25, 0.3) is 10.6 Å². The molecule has 0 unspecified atom stereocenters. The van der Waals surface area contributed by atoms with Crippen LogP contribution >= 0.6 is 11.3 Å². The molecular weight excluding hydrogens is 778 g/mol. The number of ether oxygens (including phenoxy) is 1. The first kappa shape index (κ1) is 41.4. The maximum Gasteiger partial charge on any atom is 0.411 e. The lowest BCUT2D eigenvalue weighted by Gasteiger charge is -2.45. The molecule has 56 heavy (non-hydrogen) atoms. The van der Waals surface area contributed by atoms with E-state index in [2.05, 4.69) is 20.0 Å². The van der Waals surface area contributed by atoms with Crippen LogP contribution in [0, 0.1) is 17.8 Å². The number of fused-ring (bicyclic) bond motifs is 2. The first-order valence-electron chi connectivity index (χ1n) is 18.6. The average Bonchev–Trinajstić information content (AvgIpc) is 3.85. The maximum absolute atomic E-state index is 14.9. The van der Waals surface area contributed by atoms with Gasteiger partial charge in [0.1, 0.15) is 34.3 Å². The molecule has 0 radical (unpaired) electrons. The van der Waals surface area contributed by atoms with Crippen molar-refractivity contribution in [1.29, 1.82) is 0 Å². The van der Waals surface area contributed by atoms with Crippen molar-refractivity contribution >= 4 is 45.2 Å². The number of allylic oxidation sites excluding steroid dienone is 1. The van der Waals surface area contributed by atoms with Crippen LogP contribution < -0.4 is 14.8 Å². The lowest BCUT2D eigenvalue weighted by Crippen LogP contribution is -2.66. The molecular formula is C37H47F3N6O8S2. The van der Waals surface area contributed by atoms with Crippen molar-refractivity contribution in [1.82, 2.24) is 29.8 Å². The summed E-state index contributed by atoms with van der Waals surface area (Å²) in [4.78, 5) is 65.8. The number of carbonyl (C=O) groups excluding carboxylic acids is 3. The van der Waals surface area contributed by atoms with Crippen molar-refractivity contribution in [3.05, 3.63) is 42.1 Å². The number of hydrogen-bond acceptors (Lipinski definition) is 10. The van der Waals surface area contributed by atoms with Crippen molar-refractivity contribution in [2.45, 2.75) is 120 Å². The van der Waals surface area contributed by atoms with E-state index in [0.29, 0.717) is 50.1 Å². The Hall–Kier alpha value is -4.26. The first-order chi connectivity index (χ1) is 26.1. The van der Waals surface area contributed by atoms with Crippen molar-refractivity contribution in [3.8, 4) is 16.5 Å². The highest BCUT2D eigenvalue weighted by molar-refractivity contribution is 7.91. The zero-order valence-corrected chi connectivity index (χ0v) is 33.3. The third kappa shape index (κ3) is 7.97. The predicted molar refractivity (Wildman–Crippen MR) is 199 cm³/mol. The standard InChI is InChI=1S/C37H47F3N6O8S2/c1-21-8-6-7-9-24-19-36(24,32(49)44-56(52,53)35(5)11-12-35)43-29(47)26-18-25(54-27-17-23(10-13-41-27)30-42-14-15-55-30)20-45(26)31(48)28(22(2)16-21)46(33(50)51)34(3,4)37(38,39)40/h7,9-10,13-15,17,21-22,24-26,28H,6,8,11-12,16,18-20H2,1-5H3,(H,43,47)(H,44,49)(H,50,51)/t21-,22+,24+,25+,26-,28-,36+/m0/s1. The van der Waals surface area contributed by atoms with Gasteiger partial charge in [-0.3, -0.25) is 24.0 Å². The van der Waals surface area contributed by atoms with E-state index in [-0.39, 0.29) is 42.5 Å². The van der Waals surface area contributed by atoms with Gasteiger partial charge in [-0.1, -0.05) is 26.0 Å². The van der Waals surface area contributed by atoms with Gasteiger partial charge in [-0.05, 0) is 77.2 Å². The highest BCUT2D eigenvalue weighted by Crippen LogP contribution is 2.48. The molecule has 3 N–H and O–H groups in total. The monoisotopic (exact) mass is 824 g/mol. The van der Waals surface area contributed by atoms with Crippen LogP contribution in [0.1, 0.15) is 79.6 Å². The van der Waals surface area contributed by atoms with E-state index in [9.17, 15) is 45.9 Å².